The number of aryl methyl sites for hydroxylation is 1. The quantitative estimate of drug-likeness (QED) is 0.787. The van der Waals surface area contributed by atoms with Crippen molar-refractivity contribution in [3.63, 3.8) is 0 Å². The summed E-state index contributed by atoms with van der Waals surface area (Å²) in [7, 11) is 0. The molecule has 2 aromatic rings. The molecule has 1 heterocycles. The molecule has 1 aromatic heterocycles. The van der Waals surface area contributed by atoms with E-state index in [4.69, 9.17) is 0 Å². The molecule has 0 aliphatic rings. The predicted molar refractivity (Wildman–Crippen MR) is 82.5 cm³/mol. The van der Waals surface area contributed by atoms with Gasteiger partial charge in [-0.3, -0.25) is 0 Å². The van der Waals surface area contributed by atoms with E-state index in [0.717, 1.165) is 11.6 Å². The van der Waals surface area contributed by atoms with Gasteiger partial charge in [-0.05, 0) is 36.1 Å². The van der Waals surface area contributed by atoms with Crippen molar-refractivity contribution in [3.8, 4) is 0 Å². The number of thiophene rings is 1. The van der Waals surface area contributed by atoms with Gasteiger partial charge in [0.25, 0.3) is 0 Å². The number of aliphatic hydroxyl groups is 1. The van der Waals surface area contributed by atoms with Gasteiger partial charge in [0.05, 0.1) is 17.8 Å². The Morgan fingerprint density at radius 1 is 1.30 bits per heavy atom. The SMILES string of the molecule is Cc1ccsc1C(O)CNC(=O)Nc1ccccc1C(F)(F)F. The maximum Gasteiger partial charge on any atom is 0.418 e. The third-order valence-corrected chi connectivity index (χ3v) is 4.26. The van der Waals surface area contributed by atoms with Gasteiger partial charge in [-0.25, -0.2) is 4.79 Å². The van der Waals surface area contributed by atoms with E-state index < -0.39 is 23.9 Å². The Morgan fingerprint density at radius 3 is 2.61 bits per heavy atom. The first kappa shape index (κ1) is 17.3. The van der Waals surface area contributed by atoms with Crippen molar-refractivity contribution in [2.24, 2.45) is 0 Å². The molecule has 0 saturated heterocycles. The molecule has 23 heavy (non-hydrogen) atoms. The Kier molecular flexibility index (Phi) is 5.27. The number of carbonyl (C=O) groups excluding carboxylic acids is 1. The lowest BCUT2D eigenvalue weighted by Gasteiger charge is -2.15. The summed E-state index contributed by atoms with van der Waals surface area (Å²) in [6.45, 7) is 1.73. The summed E-state index contributed by atoms with van der Waals surface area (Å²) >= 11 is 1.35. The Labute approximate surface area is 135 Å². The predicted octanol–water partition coefficient (Wildman–Crippen LogP) is 3.93. The van der Waals surface area contributed by atoms with Crippen molar-refractivity contribution in [2.75, 3.05) is 11.9 Å². The number of amides is 2. The zero-order valence-electron chi connectivity index (χ0n) is 12.1. The lowest BCUT2D eigenvalue weighted by atomic mass is 10.1. The smallest absolute Gasteiger partial charge is 0.386 e. The molecule has 0 spiro atoms. The molecule has 0 radical (unpaired) electrons. The van der Waals surface area contributed by atoms with Crippen LogP contribution in [0.15, 0.2) is 35.7 Å². The largest absolute Gasteiger partial charge is 0.418 e. The highest BCUT2D eigenvalue weighted by Crippen LogP contribution is 2.34. The first-order valence-electron chi connectivity index (χ1n) is 6.72. The number of halogens is 3. The molecule has 1 atom stereocenters. The van der Waals surface area contributed by atoms with Crippen LogP contribution in [0.5, 0.6) is 0 Å². The van der Waals surface area contributed by atoms with E-state index in [9.17, 15) is 23.1 Å². The maximum absolute atomic E-state index is 12.8. The van der Waals surface area contributed by atoms with E-state index in [1.165, 1.54) is 29.5 Å². The molecule has 8 heteroatoms. The second kappa shape index (κ2) is 7.01. The minimum absolute atomic E-state index is 0.0959. The van der Waals surface area contributed by atoms with Gasteiger partial charge in [0, 0.05) is 4.88 Å². The Bertz CT molecular complexity index is 685. The number of benzene rings is 1. The van der Waals surface area contributed by atoms with E-state index in [-0.39, 0.29) is 12.2 Å². The summed E-state index contributed by atoms with van der Waals surface area (Å²) in [6, 6.07) is 5.73. The second-order valence-electron chi connectivity index (χ2n) is 4.86. The van der Waals surface area contributed by atoms with Crippen LogP contribution in [0.2, 0.25) is 0 Å². The molecule has 0 bridgehead atoms. The third kappa shape index (κ3) is 4.46. The van der Waals surface area contributed by atoms with Crippen LogP contribution in [0.25, 0.3) is 0 Å². The van der Waals surface area contributed by atoms with Crippen molar-refractivity contribution in [1.82, 2.24) is 5.32 Å². The minimum Gasteiger partial charge on any atom is -0.386 e. The molecule has 0 saturated carbocycles. The normalized spacial score (nSPS) is 12.7. The summed E-state index contributed by atoms with van der Waals surface area (Å²) < 4.78 is 38.5. The molecule has 124 valence electrons. The van der Waals surface area contributed by atoms with Crippen molar-refractivity contribution >= 4 is 23.1 Å². The van der Waals surface area contributed by atoms with Gasteiger partial charge < -0.3 is 15.7 Å². The number of urea groups is 1. The Morgan fingerprint density at radius 2 is 2.00 bits per heavy atom. The summed E-state index contributed by atoms with van der Waals surface area (Å²) in [6.07, 6.45) is -5.46. The fourth-order valence-corrected chi connectivity index (χ4v) is 2.93. The molecule has 0 aliphatic heterocycles. The highest BCUT2D eigenvalue weighted by atomic mass is 32.1. The Balaban J connectivity index is 1.97. The average molecular weight is 344 g/mol. The van der Waals surface area contributed by atoms with Crippen LogP contribution in [0.1, 0.15) is 22.1 Å². The van der Waals surface area contributed by atoms with Crippen LogP contribution in [0.4, 0.5) is 23.7 Å². The molecule has 0 aliphatic carbocycles. The molecule has 3 N–H and O–H groups in total. The highest BCUT2D eigenvalue weighted by molar-refractivity contribution is 7.10. The maximum atomic E-state index is 12.8. The standard InChI is InChI=1S/C15H15F3N2O2S/c1-9-6-7-23-13(9)12(21)8-19-14(22)20-11-5-3-2-4-10(11)15(16,17)18/h2-7,12,21H,8H2,1H3,(H2,19,20,22). The van der Waals surface area contributed by atoms with Gasteiger partial charge >= 0.3 is 12.2 Å². The zero-order valence-corrected chi connectivity index (χ0v) is 13.0. The molecule has 2 amide bonds. The van der Waals surface area contributed by atoms with Crippen LogP contribution >= 0.6 is 11.3 Å². The molecular formula is C15H15F3N2O2S. The zero-order chi connectivity index (χ0) is 17.0. The lowest BCUT2D eigenvalue weighted by molar-refractivity contribution is -0.136. The summed E-state index contributed by atoms with van der Waals surface area (Å²) in [5.41, 5.74) is -0.365. The van der Waals surface area contributed by atoms with Gasteiger partial charge in [-0.2, -0.15) is 13.2 Å². The number of hydrogen-bond donors (Lipinski definition) is 3. The van der Waals surface area contributed by atoms with Gasteiger partial charge in [0.2, 0.25) is 0 Å². The van der Waals surface area contributed by atoms with Crippen molar-refractivity contribution in [3.05, 3.63) is 51.7 Å². The molecular weight excluding hydrogens is 329 g/mol. The van der Waals surface area contributed by atoms with E-state index in [1.807, 2.05) is 18.4 Å². The number of para-hydroxylation sites is 1. The molecule has 0 fully saturated rings. The highest BCUT2D eigenvalue weighted by Gasteiger charge is 2.33. The van der Waals surface area contributed by atoms with Crippen LogP contribution in [0.3, 0.4) is 0 Å². The van der Waals surface area contributed by atoms with Crippen molar-refractivity contribution in [1.29, 1.82) is 0 Å². The lowest BCUT2D eigenvalue weighted by Crippen LogP contribution is -2.33. The number of rotatable bonds is 4. The number of anilines is 1. The van der Waals surface area contributed by atoms with E-state index >= 15 is 0 Å². The van der Waals surface area contributed by atoms with Crippen LogP contribution in [-0.4, -0.2) is 17.7 Å². The van der Waals surface area contributed by atoms with E-state index in [1.54, 1.807) is 0 Å². The fraction of sp³-hybridized carbons (Fsp3) is 0.267. The van der Waals surface area contributed by atoms with Gasteiger partial charge in [0.1, 0.15) is 6.10 Å². The van der Waals surface area contributed by atoms with Gasteiger partial charge in [0.15, 0.2) is 0 Å². The van der Waals surface area contributed by atoms with Crippen molar-refractivity contribution < 1.29 is 23.1 Å². The molecule has 1 aromatic carbocycles. The first-order chi connectivity index (χ1) is 10.8. The third-order valence-electron chi connectivity index (χ3n) is 3.14. The summed E-state index contributed by atoms with van der Waals surface area (Å²) in [5.74, 6) is 0. The Hall–Kier alpha value is -2.06. The fourth-order valence-electron chi connectivity index (χ4n) is 2.01. The molecule has 2 rings (SSSR count). The van der Waals surface area contributed by atoms with Gasteiger partial charge in [-0.1, -0.05) is 12.1 Å². The topological polar surface area (TPSA) is 61.4 Å². The summed E-state index contributed by atoms with van der Waals surface area (Å²) in [4.78, 5) is 12.5. The number of hydrogen-bond acceptors (Lipinski definition) is 3. The monoisotopic (exact) mass is 344 g/mol. The van der Waals surface area contributed by atoms with Crippen LogP contribution in [-0.2, 0) is 6.18 Å². The molecule has 1 unspecified atom stereocenters. The molecule has 4 nitrogen and oxygen atoms in total. The van der Waals surface area contributed by atoms with E-state index in [2.05, 4.69) is 10.6 Å². The van der Waals surface area contributed by atoms with E-state index in [0.29, 0.717) is 4.88 Å². The average Bonchev–Trinajstić information content (AvgIpc) is 2.90. The van der Waals surface area contributed by atoms with Crippen LogP contribution in [0, 0.1) is 6.92 Å². The summed E-state index contributed by atoms with van der Waals surface area (Å²) in [5, 5.41) is 16.3. The minimum atomic E-state index is -4.56. The van der Waals surface area contributed by atoms with Crippen LogP contribution < -0.4 is 10.6 Å². The van der Waals surface area contributed by atoms with Crippen molar-refractivity contribution in [2.45, 2.75) is 19.2 Å². The number of nitrogens with one attached hydrogen (secondary N) is 2. The number of alkyl halides is 3. The second-order valence-corrected chi connectivity index (χ2v) is 5.81. The number of aliphatic hydroxyl groups excluding tert-OH is 1. The number of carbonyl (C=O) groups is 1. The first-order valence-corrected chi connectivity index (χ1v) is 7.60. The van der Waals surface area contributed by atoms with Gasteiger partial charge in [-0.15, -0.1) is 11.3 Å².